The maximum absolute atomic E-state index is 5.70. The van der Waals surface area contributed by atoms with Crippen LogP contribution in [0.2, 0.25) is 0 Å². The van der Waals surface area contributed by atoms with Gasteiger partial charge < -0.3 is 10.1 Å². The topological polar surface area (TPSA) is 49.9 Å². The third-order valence-corrected chi connectivity index (χ3v) is 2.90. The van der Waals surface area contributed by atoms with E-state index < -0.39 is 0 Å². The van der Waals surface area contributed by atoms with Crippen molar-refractivity contribution in [1.29, 1.82) is 0 Å². The Morgan fingerprint density at radius 1 is 1.39 bits per heavy atom. The summed E-state index contributed by atoms with van der Waals surface area (Å²) in [6.45, 7) is 4.74. The van der Waals surface area contributed by atoms with Gasteiger partial charge in [0.25, 0.3) is 0 Å². The fraction of sp³-hybridized carbons (Fsp3) is 0.357. The van der Waals surface area contributed by atoms with Gasteiger partial charge in [-0.2, -0.15) is 5.10 Å². The van der Waals surface area contributed by atoms with Gasteiger partial charge in [0.15, 0.2) is 0 Å². The largest absolute Gasteiger partial charge is 0.494 e. The van der Waals surface area contributed by atoms with E-state index in [9.17, 15) is 0 Å². The maximum atomic E-state index is 5.70. The number of nitrogens with one attached hydrogen (secondary N) is 2. The third-order valence-electron chi connectivity index (χ3n) is 2.90. The van der Waals surface area contributed by atoms with Crippen molar-refractivity contribution in [1.82, 2.24) is 15.5 Å². The number of aromatic nitrogens is 2. The summed E-state index contributed by atoms with van der Waals surface area (Å²) in [6.07, 6.45) is 1.76. The fourth-order valence-corrected chi connectivity index (χ4v) is 2.09. The standard InChI is InChI=1S/C14H19N3O/c1-4-18-13-6-5-10(2)9-11(13)14(15-3)12-7-8-16-17-12/h5-9,14-15H,4H2,1-3H3,(H,16,17). The molecule has 0 aliphatic carbocycles. The summed E-state index contributed by atoms with van der Waals surface area (Å²) in [4.78, 5) is 0. The lowest BCUT2D eigenvalue weighted by Gasteiger charge is -2.19. The van der Waals surface area contributed by atoms with E-state index in [4.69, 9.17) is 4.74 Å². The van der Waals surface area contributed by atoms with Gasteiger partial charge in [-0.1, -0.05) is 17.7 Å². The highest BCUT2D eigenvalue weighted by atomic mass is 16.5. The van der Waals surface area contributed by atoms with Gasteiger partial charge in [-0.05, 0) is 33.0 Å². The van der Waals surface area contributed by atoms with Crippen LogP contribution in [0.1, 0.15) is 29.8 Å². The summed E-state index contributed by atoms with van der Waals surface area (Å²) in [7, 11) is 1.93. The highest BCUT2D eigenvalue weighted by molar-refractivity contribution is 5.42. The molecule has 0 bridgehead atoms. The SMILES string of the molecule is CCOc1ccc(C)cc1C(NC)c1ccn[nH]1. The quantitative estimate of drug-likeness (QED) is 0.850. The Balaban J connectivity index is 2.43. The Labute approximate surface area is 107 Å². The van der Waals surface area contributed by atoms with Crippen LogP contribution < -0.4 is 10.1 Å². The summed E-state index contributed by atoms with van der Waals surface area (Å²) in [5.41, 5.74) is 3.38. The minimum atomic E-state index is 0.0638. The Kier molecular flexibility index (Phi) is 3.99. The molecular weight excluding hydrogens is 226 g/mol. The molecule has 0 spiro atoms. The number of aryl methyl sites for hydroxylation is 1. The van der Waals surface area contributed by atoms with E-state index in [0.29, 0.717) is 6.61 Å². The molecule has 0 fully saturated rings. The number of hydrogen-bond donors (Lipinski definition) is 2. The number of aromatic amines is 1. The number of rotatable bonds is 5. The molecule has 2 rings (SSSR count). The molecule has 0 saturated heterocycles. The van der Waals surface area contributed by atoms with E-state index in [1.54, 1.807) is 6.20 Å². The average molecular weight is 245 g/mol. The van der Waals surface area contributed by atoms with Crippen LogP contribution in [0.5, 0.6) is 5.75 Å². The van der Waals surface area contributed by atoms with Crippen LogP contribution in [0.4, 0.5) is 0 Å². The molecule has 4 nitrogen and oxygen atoms in total. The molecule has 18 heavy (non-hydrogen) atoms. The Hall–Kier alpha value is -1.81. The Bertz CT molecular complexity index is 494. The maximum Gasteiger partial charge on any atom is 0.124 e. The Morgan fingerprint density at radius 2 is 2.22 bits per heavy atom. The van der Waals surface area contributed by atoms with Gasteiger partial charge >= 0.3 is 0 Å². The smallest absolute Gasteiger partial charge is 0.124 e. The molecule has 1 heterocycles. The Morgan fingerprint density at radius 3 is 2.83 bits per heavy atom. The van der Waals surface area contributed by atoms with Crippen LogP contribution in [0.25, 0.3) is 0 Å². The van der Waals surface area contributed by atoms with Gasteiger partial charge in [-0.15, -0.1) is 0 Å². The van der Waals surface area contributed by atoms with Crippen LogP contribution in [0.3, 0.4) is 0 Å². The molecule has 0 amide bonds. The summed E-state index contributed by atoms with van der Waals surface area (Å²) in [6, 6.07) is 8.27. The number of nitrogens with zero attached hydrogens (tertiary/aromatic N) is 1. The van der Waals surface area contributed by atoms with Crippen molar-refractivity contribution in [3.05, 3.63) is 47.3 Å². The molecule has 0 aliphatic heterocycles. The van der Waals surface area contributed by atoms with E-state index >= 15 is 0 Å². The molecule has 1 atom stereocenters. The van der Waals surface area contributed by atoms with Gasteiger partial charge in [0, 0.05) is 11.8 Å². The van der Waals surface area contributed by atoms with Gasteiger partial charge in [-0.25, -0.2) is 0 Å². The second kappa shape index (κ2) is 5.69. The van der Waals surface area contributed by atoms with Gasteiger partial charge in [0.1, 0.15) is 5.75 Å². The zero-order valence-electron chi connectivity index (χ0n) is 11.0. The lowest BCUT2D eigenvalue weighted by atomic mass is 10.0. The van der Waals surface area contributed by atoms with Crippen LogP contribution in [0.15, 0.2) is 30.5 Å². The van der Waals surface area contributed by atoms with E-state index in [1.807, 2.05) is 26.1 Å². The van der Waals surface area contributed by atoms with Gasteiger partial charge in [-0.3, -0.25) is 5.10 Å². The second-order valence-electron chi connectivity index (χ2n) is 4.21. The number of hydrogen-bond acceptors (Lipinski definition) is 3. The average Bonchev–Trinajstić information content (AvgIpc) is 2.87. The molecule has 4 heteroatoms. The van der Waals surface area contributed by atoms with Crippen molar-refractivity contribution in [3.8, 4) is 5.75 Å². The minimum absolute atomic E-state index is 0.0638. The summed E-state index contributed by atoms with van der Waals surface area (Å²) in [5.74, 6) is 0.914. The molecule has 1 aromatic heterocycles. The molecule has 1 unspecified atom stereocenters. The summed E-state index contributed by atoms with van der Waals surface area (Å²) in [5, 5.41) is 10.3. The van der Waals surface area contributed by atoms with Gasteiger partial charge in [0.05, 0.1) is 18.3 Å². The fourth-order valence-electron chi connectivity index (χ4n) is 2.09. The first-order chi connectivity index (χ1) is 8.76. The second-order valence-corrected chi connectivity index (χ2v) is 4.21. The third kappa shape index (κ3) is 2.54. The van der Waals surface area contributed by atoms with Crippen LogP contribution >= 0.6 is 0 Å². The van der Waals surface area contributed by atoms with Crippen LogP contribution in [-0.4, -0.2) is 23.9 Å². The van der Waals surface area contributed by atoms with E-state index in [1.165, 1.54) is 5.56 Å². The zero-order valence-corrected chi connectivity index (χ0v) is 11.0. The predicted molar refractivity (Wildman–Crippen MR) is 71.8 cm³/mol. The monoisotopic (exact) mass is 245 g/mol. The zero-order chi connectivity index (χ0) is 13.0. The first-order valence-corrected chi connectivity index (χ1v) is 6.16. The van der Waals surface area contributed by atoms with Crippen molar-refractivity contribution in [3.63, 3.8) is 0 Å². The minimum Gasteiger partial charge on any atom is -0.494 e. The van der Waals surface area contributed by atoms with Crippen molar-refractivity contribution in [2.75, 3.05) is 13.7 Å². The molecule has 0 aliphatic rings. The van der Waals surface area contributed by atoms with Crippen molar-refractivity contribution >= 4 is 0 Å². The molecule has 2 N–H and O–H groups in total. The van der Waals surface area contributed by atoms with E-state index in [-0.39, 0.29) is 6.04 Å². The molecule has 96 valence electrons. The van der Waals surface area contributed by atoms with Gasteiger partial charge in [0.2, 0.25) is 0 Å². The van der Waals surface area contributed by atoms with Crippen molar-refractivity contribution in [2.24, 2.45) is 0 Å². The summed E-state index contributed by atoms with van der Waals surface area (Å²) < 4.78 is 5.70. The highest BCUT2D eigenvalue weighted by Crippen LogP contribution is 2.29. The number of H-pyrrole nitrogens is 1. The normalized spacial score (nSPS) is 12.4. The van der Waals surface area contributed by atoms with E-state index in [0.717, 1.165) is 17.0 Å². The van der Waals surface area contributed by atoms with Crippen LogP contribution in [0, 0.1) is 6.92 Å². The highest BCUT2D eigenvalue weighted by Gasteiger charge is 2.17. The first-order valence-electron chi connectivity index (χ1n) is 6.16. The lowest BCUT2D eigenvalue weighted by Crippen LogP contribution is -2.19. The molecule has 1 aromatic carbocycles. The van der Waals surface area contributed by atoms with E-state index in [2.05, 4.69) is 34.6 Å². The van der Waals surface area contributed by atoms with Crippen molar-refractivity contribution < 1.29 is 4.74 Å². The lowest BCUT2D eigenvalue weighted by molar-refractivity contribution is 0.334. The molecular formula is C14H19N3O. The number of ether oxygens (including phenoxy) is 1. The number of benzene rings is 1. The first kappa shape index (κ1) is 12.6. The molecule has 0 saturated carbocycles. The summed E-state index contributed by atoms with van der Waals surface area (Å²) >= 11 is 0. The van der Waals surface area contributed by atoms with Crippen molar-refractivity contribution in [2.45, 2.75) is 19.9 Å². The predicted octanol–water partition coefficient (Wildman–Crippen LogP) is 2.43. The molecule has 2 aromatic rings. The van der Waals surface area contributed by atoms with Crippen LogP contribution in [-0.2, 0) is 0 Å². The molecule has 0 radical (unpaired) electrons.